The molecule has 0 atom stereocenters. The lowest BCUT2D eigenvalue weighted by Gasteiger charge is -2.06. The predicted molar refractivity (Wildman–Crippen MR) is 81.7 cm³/mol. The zero-order chi connectivity index (χ0) is 13.8. The van der Waals surface area contributed by atoms with E-state index in [4.69, 9.17) is 5.73 Å². The molecule has 0 aromatic heterocycles. The van der Waals surface area contributed by atoms with Crippen molar-refractivity contribution < 1.29 is 4.39 Å². The van der Waals surface area contributed by atoms with E-state index in [1.165, 1.54) is 22.8 Å². The minimum atomic E-state index is -0.262. The molecule has 2 aromatic rings. The van der Waals surface area contributed by atoms with Crippen LogP contribution in [0, 0.1) is 19.7 Å². The number of rotatable bonds is 4. The molecule has 0 unspecified atom stereocenters. The van der Waals surface area contributed by atoms with E-state index in [0.29, 0.717) is 5.69 Å². The van der Waals surface area contributed by atoms with Crippen molar-refractivity contribution >= 4 is 17.4 Å². The maximum Gasteiger partial charge on any atom is 0.125 e. The van der Waals surface area contributed by atoms with Crippen molar-refractivity contribution in [2.45, 2.75) is 25.4 Å². The summed E-state index contributed by atoms with van der Waals surface area (Å²) in [6.07, 6.45) is 0. The van der Waals surface area contributed by atoms with E-state index in [-0.39, 0.29) is 5.82 Å². The van der Waals surface area contributed by atoms with Crippen molar-refractivity contribution in [3.05, 3.63) is 64.5 Å². The molecular formula is C16H18FNS. The van der Waals surface area contributed by atoms with Crippen molar-refractivity contribution in [2.75, 3.05) is 5.73 Å². The van der Waals surface area contributed by atoms with E-state index >= 15 is 0 Å². The Labute approximate surface area is 118 Å². The second-order valence-corrected chi connectivity index (χ2v) is 5.87. The van der Waals surface area contributed by atoms with Crippen LogP contribution in [0.2, 0.25) is 0 Å². The van der Waals surface area contributed by atoms with E-state index in [2.05, 4.69) is 32.0 Å². The number of hydrogen-bond donors (Lipinski definition) is 1. The molecule has 1 nitrogen and oxygen atoms in total. The standard InChI is InChI=1S/C16H18FNS/c1-11-3-12(2)5-13(4-11)9-19-10-14-6-15(17)8-16(18)7-14/h3-8H,9-10,18H2,1-2H3. The lowest BCUT2D eigenvalue weighted by molar-refractivity contribution is 0.627. The van der Waals surface area contributed by atoms with Crippen LogP contribution in [0.4, 0.5) is 10.1 Å². The summed E-state index contributed by atoms with van der Waals surface area (Å²) in [5.74, 6) is 1.44. The van der Waals surface area contributed by atoms with Gasteiger partial charge in [0.05, 0.1) is 0 Å². The van der Waals surface area contributed by atoms with Gasteiger partial charge in [-0.25, -0.2) is 4.39 Å². The minimum absolute atomic E-state index is 0.262. The van der Waals surface area contributed by atoms with E-state index in [0.717, 1.165) is 17.1 Å². The molecule has 0 saturated carbocycles. The molecule has 3 heteroatoms. The number of hydrogen-bond acceptors (Lipinski definition) is 2. The second kappa shape index (κ2) is 6.11. The fourth-order valence-corrected chi connectivity index (χ4v) is 3.10. The Hall–Kier alpha value is -1.48. The highest BCUT2D eigenvalue weighted by Gasteiger charge is 2.01. The summed E-state index contributed by atoms with van der Waals surface area (Å²) >= 11 is 1.77. The molecule has 2 rings (SSSR count). The summed E-state index contributed by atoms with van der Waals surface area (Å²) in [5.41, 5.74) is 10.9. The maximum absolute atomic E-state index is 13.2. The smallest absolute Gasteiger partial charge is 0.125 e. The highest BCUT2D eigenvalue weighted by Crippen LogP contribution is 2.21. The largest absolute Gasteiger partial charge is 0.399 e. The molecule has 0 aliphatic carbocycles. The Morgan fingerprint density at radius 2 is 1.47 bits per heavy atom. The first-order valence-corrected chi connectivity index (χ1v) is 7.38. The van der Waals surface area contributed by atoms with Gasteiger partial charge in [0.25, 0.3) is 0 Å². The van der Waals surface area contributed by atoms with Crippen LogP contribution in [0.1, 0.15) is 22.3 Å². The molecule has 0 saturated heterocycles. The van der Waals surface area contributed by atoms with Crippen LogP contribution in [0.25, 0.3) is 0 Å². The van der Waals surface area contributed by atoms with Gasteiger partial charge in [0.15, 0.2) is 0 Å². The molecule has 2 aromatic carbocycles. The second-order valence-electron chi connectivity index (χ2n) is 4.88. The van der Waals surface area contributed by atoms with Crippen LogP contribution in [0.5, 0.6) is 0 Å². The van der Waals surface area contributed by atoms with Gasteiger partial charge in [-0.15, -0.1) is 0 Å². The van der Waals surface area contributed by atoms with Gasteiger partial charge in [0, 0.05) is 17.2 Å². The van der Waals surface area contributed by atoms with Crippen molar-refractivity contribution in [3.63, 3.8) is 0 Å². The molecule has 100 valence electrons. The SMILES string of the molecule is Cc1cc(C)cc(CSCc2cc(N)cc(F)c2)c1. The van der Waals surface area contributed by atoms with Gasteiger partial charge in [-0.1, -0.05) is 29.3 Å². The van der Waals surface area contributed by atoms with Gasteiger partial charge in [-0.2, -0.15) is 11.8 Å². The van der Waals surface area contributed by atoms with Crippen molar-refractivity contribution in [1.82, 2.24) is 0 Å². The van der Waals surface area contributed by atoms with Crippen molar-refractivity contribution in [3.8, 4) is 0 Å². The highest BCUT2D eigenvalue weighted by atomic mass is 32.2. The first kappa shape index (κ1) is 13.9. The van der Waals surface area contributed by atoms with Crippen LogP contribution < -0.4 is 5.73 Å². The summed E-state index contributed by atoms with van der Waals surface area (Å²) in [7, 11) is 0. The monoisotopic (exact) mass is 275 g/mol. The molecule has 0 heterocycles. The molecule has 19 heavy (non-hydrogen) atoms. The quantitative estimate of drug-likeness (QED) is 0.834. The summed E-state index contributed by atoms with van der Waals surface area (Å²) in [4.78, 5) is 0. The lowest BCUT2D eigenvalue weighted by atomic mass is 10.1. The third-order valence-electron chi connectivity index (χ3n) is 2.80. The van der Waals surface area contributed by atoms with Gasteiger partial charge in [-0.3, -0.25) is 0 Å². The van der Waals surface area contributed by atoms with Crippen LogP contribution in [-0.2, 0) is 11.5 Å². The lowest BCUT2D eigenvalue weighted by Crippen LogP contribution is -1.91. The molecule has 0 radical (unpaired) electrons. The zero-order valence-electron chi connectivity index (χ0n) is 11.2. The number of nitrogen functional groups attached to an aromatic ring is 1. The minimum Gasteiger partial charge on any atom is -0.399 e. The Morgan fingerprint density at radius 3 is 2.05 bits per heavy atom. The fourth-order valence-electron chi connectivity index (χ4n) is 2.20. The van der Waals surface area contributed by atoms with Gasteiger partial charge in [-0.05, 0) is 43.2 Å². The molecule has 0 spiro atoms. The number of anilines is 1. The van der Waals surface area contributed by atoms with Gasteiger partial charge in [0.2, 0.25) is 0 Å². The highest BCUT2D eigenvalue weighted by molar-refractivity contribution is 7.97. The van der Waals surface area contributed by atoms with Crippen molar-refractivity contribution in [2.24, 2.45) is 0 Å². The van der Waals surface area contributed by atoms with Crippen LogP contribution in [-0.4, -0.2) is 0 Å². The van der Waals surface area contributed by atoms with Crippen LogP contribution >= 0.6 is 11.8 Å². The zero-order valence-corrected chi connectivity index (χ0v) is 12.1. The third kappa shape index (κ3) is 4.28. The van der Waals surface area contributed by atoms with Crippen LogP contribution in [0.15, 0.2) is 36.4 Å². The summed E-state index contributed by atoms with van der Waals surface area (Å²) < 4.78 is 13.2. The number of halogens is 1. The molecule has 2 N–H and O–H groups in total. The molecular weight excluding hydrogens is 257 g/mol. The summed E-state index contributed by atoms with van der Waals surface area (Å²) in [6, 6.07) is 11.3. The van der Waals surface area contributed by atoms with E-state index < -0.39 is 0 Å². The normalized spacial score (nSPS) is 10.7. The van der Waals surface area contributed by atoms with Crippen LogP contribution in [0.3, 0.4) is 0 Å². The van der Waals surface area contributed by atoms with Gasteiger partial charge >= 0.3 is 0 Å². The Morgan fingerprint density at radius 1 is 0.895 bits per heavy atom. The summed E-state index contributed by atoms with van der Waals surface area (Å²) in [5, 5.41) is 0. The number of benzene rings is 2. The number of aryl methyl sites for hydroxylation is 2. The van der Waals surface area contributed by atoms with E-state index in [9.17, 15) is 4.39 Å². The molecule has 0 amide bonds. The fraction of sp³-hybridized carbons (Fsp3) is 0.250. The molecule has 0 fully saturated rings. The predicted octanol–water partition coefficient (Wildman–Crippen LogP) is 4.46. The topological polar surface area (TPSA) is 26.0 Å². The Kier molecular flexibility index (Phi) is 4.48. The third-order valence-corrected chi connectivity index (χ3v) is 3.87. The Balaban J connectivity index is 1.96. The average molecular weight is 275 g/mol. The maximum atomic E-state index is 13.2. The number of nitrogens with two attached hydrogens (primary N) is 1. The van der Waals surface area contributed by atoms with Gasteiger partial charge in [0.1, 0.15) is 5.82 Å². The molecule has 0 aliphatic heterocycles. The van der Waals surface area contributed by atoms with E-state index in [1.54, 1.807) is 17.8 Å². The first-order valence-electron chi connectivity index (χ1n) is 6.23. The summed E-state index contributed by atoms with van der Waals surface area (Å²) in [6.45, 7) is 4.21. The van der Waals surface area contributed by atoms with Crippen molar-refractivity contribution in [1.29, 1.82) is 0 Å². The first-order chi connectivity index (χ1) is 9.02. The molecule has 0 aliphatic rings. The Bertz CT molecular complexity index is 489. The molecule has 0 bridgehead atoms. The van der Waals surface area contributed by atoms with Gasteiger partial charge < -0.3 is 5.73 Å². The van der Waals surface area contributed by atoms with E-state index in [1.807, 2.05) is 6.07 Å². The average Bonchev–Trinajstić information content (AvgIpc) is 2.26. The number of thioether (sulfide) groups is 1.